The zero-order chi connectivity index (χ0) is 21.9. The van der Waals surface area contributed by atoms with Crippen LogP contribution in [0, 0.1) is 0 Å². The summed E-state index contributed by atoms with van der Waals surface area (Å²) in [4.78, 5) is 24.6. The van der Waals surface area contributed by atoms with Crippen LogP contribution in [0.3, 0.4) is 0 Å². The standard InChI is InChI=1S/C22H20O7S/c1-3-18(23)21-17(11-12-29-21)16-10-9-14(19(20(16)24)22(25)28-2)13-30(26,27)15-7-5-4-6-8-15/h4-12,24H,3,13H2,1-2H3. The molecule has 156 valence electrons. The molecule has 1 N–H and O–H groups in total. The van der Waals surface area contributed by atoms with E-state index in [9.17, 15) is 23.1 Å². The number of carbonyl (C=O) groups excluding carboxylic acids is 2. The summed E-state index contributed by atoms with van der Waals surface area (Å²) in [5.41, 5.74) is 0.285. The molecule has 30 heavy (non-hydrogen) atoms. The molecule has 0 saturated carbocycles. The summed E-state index contributed by atoms with van der Waals surface area (Å²) in [5, 5.41) is 10.8. The first-order valence-electron chi connectivity index (χ1n) is 9.12. The first kappa shape index (κ1) is 21.3. The van der Waals surface area contributed by atoms with Crippen molar-refractivity contribution in [1.82, 2.24) is 0 Å². The number of phenols is 1. The molecule has 0 unspecified atom stereocenters. The first-order chi connectivity index (χ1) is 14.3. The predicted octanol–water partition coefficient (Wildman–Crippen LogP) is 4.01. The molecular weight excluding hydrogens is 408 g/mol. The van der Waals surface area contributed by atoms with Gasteiger partial charge in [-0.1, -0.05) is 37.3 Å². The van der Waals surface area contributed by atoms with Crippen LogP contribution in [0.5, 0.6) is 5.75 Å². The van der Waals surface area contributed by atoms with Crippen molar-refractivity contribution >= 4 is 21.6 Å². The van der Waals surface area contributed by atoms with Gasteiger partial charge in [0, 0.05) is 17.5 Å². The van der Waals surface area contributed by atoms with Crippen molar-refractivity contribution in [2.75, 3.05) is 7.11 Å². The topological polar surface area (TPSA) is 111 Å². The quantitative estimate of drug-likeness (QED) is 0.447. The smallest absolute Gasteiger partial charge is 0.341 e. The number of benzene rings is 2. The van der Waals surface area contributed by atoms with Crippen LogP contribution in [0.4, 0.5) is 0 Å². The van der Waals surface area contributed by atoms with Gasteiger partial charge in [0.2, 0.25) is 0 Å². The molecule has 0 aliphatic heterocycles. The SMILES string of the molecule is CCC(=O)c1occc1-c1ccc(CS(=O)(=O)c2ccccc2)c(C(=O)OC)c1O. The summed E-state index contributed by atoms with van der Waals surface area (Å²) >= 11 is 0. The Hall–Kier alpha value is -3.39. The molecule has 8 heteroatoms. The van der Waals surface area contributed by atoms with Crippen LogP contribution in [0.15, 0.2) is 64.1 Å². The predicted molar refractivity (Wildman–Crippen MR) is 109 cm³/mol. The second-order valence-electron chi connectivity index (χ2n) is 6.50. The van der Waals surface area contributed by atoms with E-state index in [2.05, 4.69) is 0 Å². The number of methoxy groups -OCH3 is 1. The fourth-order valence-electron chi connectivity index (χ4n) is 3.11. The summed E-state index contributed by atoms with van der Waals surface area (Å²) in [6, 6.07) is 12.2. The maximum absolute atomic E-state index is 12.8. The van der Waals surface area contributed by atoms with Crippen LogP contribution < -0.4 is 0 Å². The molecule has 0 fully saturated rings. The number of ether oxygens (including phenoxy) is 1. The number of hydrogen-bond donors (Lipinski definition) is 1. The van der Waals surface area contributed by atoms with Crippen LogP contribution in [0.2, 0.25) is 0 Å². The Kier molecular flexibility index (Phi) is 6.07. The van der Waals surface area contributed by atoms with Crippen molar-refractivity contribution < 1.29 is 32.3 Å². The van der Waals surface area contributed by atoms with Crippen LogP contribution in [0.1, 0.15) is 39.8 Å². The molecule has 3 aromatic rings. The number of aromatic hydroxyl groups is 1. The number of sulfone groups is 1. The number of rotatable bonds is 7. The van der Waals surface area contributed by atoms with Crippen molar-refractivity contribution in [1.29, 1.82) is 0 Å². The van der Waals surface area contributed by atoms with Crippen molar-refractivity contribution in [3.63, 3.8) is 0 Å². The van der Waals surface area contributed by atoms with Crippen LogP contribution >= 0.6 is 0 Å². The number of Topliss-reactive ketones (excluding diaryl/α,β-unsaturated/α-hetero) is 1. The summed E-state index contributed by atoms with van der Waals surface area (Å²) in [6.45, 7) is 1.67. The van der Waals surface area contributed by atoms with Gasteiger partial charge in [0.15, 0.2) is 21.4 Å². The molecule has 7 nitrogen and oxygen atoms in total. The van der Waals surface area contributed by atoms with Gasteiger partial charge in [-0.2, -0.15) is 0 Å². The lowest BCUT2D eigenvalue weighted by Gasteiger charge is -2.14. The highest BCUT2D eigenvalue weighted by atomic mass is 32.2. The Morgan fingerprint density at radius 2 is 1.73 bits per heavy atom. The number of furan rings is 1. The van der Waals surface area contributed by atoms with Gasteiger partial charge in [0.05, 0.1) is 24.0 Å². The summed E-state index contributed by atoms with van der Waals surface area (Å²) in [6.07, 6.45) is 1.50. The van der Waals surface area contributed by atoms with Gasteiger partial charge < -0.3 is 14.3 Å². The Bertz CT molecular complexity index is 1190. The van der Waals surface area contributed by atoms with Gasteiger partial charge >= 0.3 is 5.97 Å². The van der Waals surface area contributed by atoms with E-state index in [4.69, 9.17) is 9.15 Å². The van der Waals surface area contributed by atoms with Crippen LogP contribution in [-0.4, -0.2) is 32.4 Å². The van der Waals surface area contributed by atoms with Crippen molar-refractivity contribution in [3.05, 3.63) is 71.7 Å². The minimum atomic E-state index is -3.78. The van der Waals surface area contributed by atoms with E-state index in [-0.39, 0.29) is 39.6 Å². The molecule has 2 aromatic carbocycles. The van der Waals surface area contributed by atoms with E-state index in [0.29, 0.717) is 5.56 Å². The third-order valence-corrected chi connectivity index (χ3v) is 6.31. The number of ketones is 1. The average Bonchev–Trinajstić information content (AvgIpc) is 3.23. The fraction of sp³-hybridized carbons (Fsp3) is 0.182. The largest absolute Gasteiger partial charge is 0.506 e. The molecule has 0 aliphatic rings. The second kappa shape index (κ2) is 8.54. The Balaban J connectivity index is 2.14. The number of carbonyl (C=O) groups is 2. The highest BCUT2D eigenvalue weighted by Gasteiger charge is 2.27. The third kappa shape index (κ3) is 3.99. The van der Waals surface area contributed by atoms with E-state index in [1.807, 2.05) is 0 Å². The fourth-order valence-corrected chi connectivity index (χ4v) is 4.50. The lowest BCUT2D eigenvalue weighted by atomic mass is 9.97. The summed E-state index contributed by atoms with van der Waals surface area (Å²) in [7, 11) is -2.65. The third-order valence-electron chi connectivity index (χ3n) is 4.63. The Morgan fingerprint density at radius 3 is 2.37 bits per heavy atom. The molecule has 0 radical (unpaired) electrons. The molecule has 3 rings (SSSR count). The maximum Gasteiger partial charge on any atom is 0.341 e. The molecule has 0 bridgehead atoms. The zero-order valence-electron chi connectivity index (χ0n) is 16.4. The second-order valence-corrected chi connectivity index (χ2v) is 8.49. The molecule has 1 aromatic heterocycles. The monoisotopic (exact) mass is 428 g/mol. The van der Waals surface area contributed by atoms with Crippen LogP contribution in [0.25, 0.3) is 11.1 Å². The molecule has 1 heterocycles. The zero-order valence-corrected chi connectivity index (χ0v) is 17.2. The van der Waals surface area contributed by atoms with Gasteiger partial charge in [-0.3, -0.25) is 4.79 Å². The van der Waals surface area contributed by atoms with E-state index < -0.39 is 27.3 Å². The number of esters is 1. The van der Waals surface area contributed by atoms with Crippen molar-refractivity contribution in [3.8, 4) is 16.9 Å². The summed E-state index contributed by atoms with van der Waals surface area (Å²) in [5.74, 6) is -2.10. The molecular formula is C22H20O7S. The lowest BCUT2D eigenvalue weighted by molar-refractivity contribution is 0.0596. The minimum Gasteiger partial charge on any atom is -0.506 e. The lowest BCUT2D eigenvalue weighted by Crippen LogP contribution is -2.12. The van der Waals surface area contributed by atoms with Gasteiger partial charge in [-0.15, -0.1) is 0 Å². The average molecular weight is 428 g/mol. The highest BCUT2D eigenvalue weighted by Crippen LogP contribution is 2.38. The number of phenolic OH excluding ortho intramolecular Hbond substituents is 1. The minimum absolute atomic E-state index is 0.0493. The van der Waals surface area contributed by atoms with E-state index >= 15 is 0 Å². The van der Waals surface area contributed by atoms with Gasteiger partial charge in [0.1, 0.15) is 11.3 Å². The van der Waals surface area contributed by atoms with E-state index in [1.165, 1.54) is 36.6 Å². The molecule has 0 atom stereocenters. The molecule has 0 saturated heterocycles. The number of hydrogen-bond acceptors (Lipinski definition) is 7. The van der Waals surface area contributed by atoms with Gasteiger partial charge in [-0.25, -0.2) is 13.2 Å². The molecule has 0 amide bonds. The normalized spacial score (nSPS) is 11.3. The first-order valence-corrected chi connectivity index (χ1v) is 10.8. The molecule has 0 spiro atoms. The molecule has 0 aliphatic carbocycles. The van der Waals surface area contributed by atoms with E-state index in [0.717, 1.165) is 7.11 Å². The van der Waals surface area contributed by atoms with E-state index in [1.54, 1.807) is 25.1 Å². The Labute approximate surface area is 173 Å². The van der Waals surface area contributed by atoms with Crippen LogP contribution in [-0.2, 0) is 20.3 Å². The van der Waals surface area contributed by atoms with Crippen molar-refractivity contribution in [2.45, 2.75) is 24.0 Å². The van der Waals surface area contributed by atoms with Crippen molar-refractivity contribution in [2.24, 2.45) is 0 Å². The van der Waals surface area contributed by atoms with Gasteiger partial charge in [-0.05, 0) is 23.8 Å². The Morgan fingerprint density at radius 1 is 1.03 bits per heavy atom. The van der Waals surface area contributed by atoms with Gasteiger partial charge in [0.25, 0.3) is 0 Å². The maximum atomic E-state index is 12.8. The highest BCUT2D eigenvalue weighted by molar-refractivity contribution is 7.90. The summed E-state index contributed by atoms with van der Waals surface area (Å²) < 4.78 is 35.6.